The summed E-state index contributed by atoms with van der Waals surface area (Å²) in [5.74, 6) is -0.816. The highest BCUT2D eigenvalue weighted by atomic mass is 16.5. The summed E-state index contributed by atoms with van der Waals surface area (Å²) in [6.07, 6.45) is 0. The number of carbonyl (C=O) groups is 1. The van der Waals surface area contributed by atoms with Crippen LogP contribution < -0.4 is 5.56 Å². The molecule has 100 valence electrons. The van der Waals surface area contributed by atoms with Crippen LogP contribution in [0.4, 0.5) is 0 Å². The third-order valence-corrected chi connectivity index (χ3v) is 2.30. The number of aromatic hydroxyl groups is 1. The molecule has 7 heteroatoms. The molecule has 18 heavy (non-hydrogen) atoms. The number of methoxy groups -OCH3 is 1. The normalized spacial score (nSPS) is 10.3. The first kappa shape index (κ1) is 14.2. The van der Waals surface area contributed by atoms with Crippen LogP contribution in [0, 0.1) is 0 Å². The van der Waals surface area contributed by atoms with E-state index in [1.807, 2.05) is 0 Å². The molecule has 0 atom stereocenters. The third-order valence-electron chi connectivity index (χ3n) is 2.30. The number of amides is 1. The molecule has 0 saturated carbocycles. The van der Waals surface area contributed by atoms with Crippen molar-refractivity contribution in [3.05, 3.63) is 28.0 Å². The molecule has 0 radical (unpaired) electrons. The Labute approximate surface area is 104 Å². The summed E-state index contributed by atoms with van der Waals surface area (Å²) in [5.41, 5.74) is -0.491. The highest BCUT2D eigenvalue weighted by Crippen LogP contribution is 2.07. The zero-order valence-corrected chi connectivity index (χ0v) is 10.0. The number of ether oxygens (including phenoxy) is 1. The van der Waals surface area contributed by atoms with E-state index in [1.165, 1.54) is 18.1 Å². The fraction of sp³-hybridized carbons (Fsp3) is 0.455. The van der Waals surface area contributed by atoms with E-state index in [1.54, 1.807) is 0 Å². The van der Waals surface area contributed by atoms with Gasteiger partial charge < -0.3 is 19.8 Å². The van der Waals surface area contributed by atoms with Crippen LogP contribution >= 0.6 is 0 Å². The summed E-state index contributed by atoms with van der Waals surface area (Å²) in [5, 5.41) is 18.1. The monoisotopic (exact) mass is 256 g/mol. The second-order valence-corrected chi connectivity index (χ2v) is 3.63. The molecular weight excluding hydrogens is 240 g/mol. The van der Waals surface area contributed by atoms with E-state index >= 15 is 0 Å². The minimum Gasteiger partial charge on any atom is -0.494 e. The first-order valence-electron chi connectivity index (χ1n) is 5.41. The third kappa shape index (κ3) is 3.86. The largest absolute Gasteiger partial charge is 0.494 e. The average molecular weight is 256 g/mol. The quantitative estimate of drug-likeness (QED) is 0.616. The second-order valence-electron chi connectivity index (χ2n) is 3.63. The first-order chi connectivity index (χ1) is 8.58. The van der Waals surface area contributed by atoms with Crippen molar-refractivity contribution in [1.29, 1.82) is 0 Å². The van der Waals surface area contributed by atoms with Crippen LogP contribution in [0.25, 0.3) is 0 Å². The van der Waals surface area contributed by atoms with Crippen molar-refractivity contribution >= 4 is 5.91 Å². The highest BCUT2D eigenvalue weighted by Gasteiger charge is 2.16. The molecule has 3 N–H and O–H groups in total. The molecule has 1 rings (SSSR count). The number of aliphatic hydroxyl groups excluding tert-OH is 1. The fourth-order valence-electron chi connectivity index (χ4n) is 1.47. The summed E-state index contributed by atoms with van der Waals surface area (Å²) in [7, 11) is 1.50. The van der Waals surface area contributed by atoms with Gasteiger partial charge in [-0.1, -0.05) is 0 Å². The van der Waals surface area contributed by atoms with Gasteiger partial charge >= 0.3 is 0 Å². The number of nitrogens with zero attached hydrogens (tertiary/aromatic N) is 1. The standard InChI is InChI=1S/C11H16N2O5/c1-18-5-3-13(2-4-14)11(17)8-6-9(15)12-10(16)7-8/h6-7,14H,2-5H2,1H3,(H2,12,15,16). The van der Waals surface area contributed by atoms with E-state index in [-0.39, 0.29) is 24.6 Å². The zero-order chi connectivity index (χ0) is 13.5. The smallest absolute Gasteiger partial charge is 0.254 e. The number of aromatic amines is 1. The van der Waals surface area contributed by atoms with Gasteiger partial charge in [-0.2, -0.15) is 0 Å². The van der Waals surface area contributed by atoms with E-state index in [0.717, 1.165) is 6.07 Å². The maximum atomic E-state index is 12.0. The molecular formula is C11H16N2O5. The molecule has 0 bridgehead atoms. The van der Waals surface area contributed by atoms with E-state index in [9.17, 15) is 14.7 Å². The molecule has 0 aliphatic carbocycles. The summed E-state index contributed by atoms with van der Waals surface area (Å²) in [6, 6.07) is 2.26. The molecule has 0 aliphatic heterocycles. The Bertz CT molecular complexity index is 457. The molecule has 1 amide bonds. The molecule has 7 nitrogen and oxygen atoms in total. The number of hydrogen-bond donors (Lipinski definition) is 3. The summed E-state index contributed by atoms with van der Waals surface area (Å²) in [4.78, 5) is 26.7. The fourth-order valence-corrected chi connectivity index (χ4v) is 1.47. The highest BCUT2D eigenvalue weighted by molar-refractivity contribution is 5.94. The number of pyridine rings is 1. The Balaban J connectivity index is 2.90. The summed E-state index contributed by atoms with van der Waals surface area (Å²) >= 11 is 0. The molecule has 0 saturated heterocycles. The first-order valence-corrected chi connectivity index (χ1v) is 5.41. The Morgan fingerprint density at radius 1 is 1.44 bits per heavy atom. The Hall–Kier alpha value is -1.86. The Morgan fingerprint density at radius 3 is 2.72 bits per heavy atom. The number of H-pyrrole nitrogens is 1. The lowest BCUT2D eigenvalue weighted by molar-refractivity contribution is 0.0656. The van der Waals surface area contributed by atoms with Crippen molar-refractivity contribution in [2.45, 2.75) is 0 Å². The predicted octanol–water partition coefficient (Wildman–Crippen LogP) is -0.839. The van der Waals surface area contributed by atoms with Crippen molar-refractivity contribution in [1.82, 2.24) is 9.88 Å². The lowest BCUT2D eigenvalue weighted by Gasteiger charge is -2.21. The molecule has 1 aromatic rings. The maximum absolute atomic E-state index is 12.0. The predicted molar refractivity (Wildman–Crippen MR) is 63.6 cm³/mol. The zero-order valence-electron chi connectivity index (χ0n) is 10.0. The van der Waals surface area contributed by atoms with Crippen LogP contribution in [0.1, 0.15) is 10.4 Å². The van der Waals surface area contributed by atoms with Crippen LogP contribution in [0.3, 0.4) is 0 Å². The van der Waals surface area contributed by atoms with E-state index in [4.69, 9.17) is 9.84 Å². The second kappa shape index (κ2) is 6.77. The number of rotatable bonds is 6. The molecule has 1 aromatic heterocycles. The van der Waals surface area contributed by atoms with Crippen molar-refractivity contribution in [3.63, 3.8) is 0 Å². The van der Waals surface area contributed by atoms with Gasteiger partial charge in [0, 0.05) is 32.3 Å². The van der Waals surface area contributed by atoms with Crippen LogP contribution in [0.5, 0.6) is 5.88 Å². The van der Waals surface area contributed by atoms with Crippen LogP contribution in [-0.2, 0) is 4.74 Å². The number of nitrogens with one attached hydrogen (secondary N) is 1. The molecule has 0 aliphatic rings. The minimum atomic E-state index is -0.561. The van der Waals surface area contributed by atoms with Gasteiger partial charge in [-0.25, -0.2) is 0 Å². The number of aliphatic hydroxyl groups is 1. The maximum Gasteiger partial charge on any atom is 0.254 e. The average Bonchev–Trinajstić information content (AvgIpc) is 2.32. The number of carbonyl (C=O) groups excluding carboxylic acids is 1. The van der Waals surface area contributed by atoms with Gasteiger partial charge in [0.1, 0.15) is 0 Å². The van der Waals surface area contributed by atoms with Gasteiger partial charge in [0.2, 0.25) is 0 Å². The van der Waals surface area contributed by atoms with E-state index in [0.29, 0.717) is 13.2 Å². The minimum absolute atomic E-state index is 0.0702. The topological polar surface area (TPSA) is 103 Å². The molecule has 0 unspecified atom stereocenters. The van der Waals surface area contributed by atoms with Gasteiger partial charge in [0.15, 0.2) is 5.88 Å². The Morgan fingerprint density at radius 2 is 2.17 bits per heavy atom. The van der Waals surface area contributed by atoms with Crippen LogP contribution in [0.15, 0.2) is 16.9 Å². The molecule has 1 heterocycles. The summed E-state index contributed by atoms with van der Waals surface area (Å²) in [6.45, 7) is 0.560. The SMILES string of the molecule is COCCN(CCO)C(=O)c1cc(O)[nH]c(=O)c1. The summed E-state index contributed by atoms with van der Waals surface area (Å²) < 4.78 is 4.86. The van der Waals surface area contributed by atoms with Gasteiger partial charge in [-0.3, -0.25) is 14.6 Å². The van der Waals surface area contributed by atoms with Crippen molar-refractivity contribution in [2.24, 2.45) is 0 Å². The number of aromatic nitrogens is 1. The Kier molecular flexibility index (Phi) is 5.34. The van der Waals surface area contributed by atoms with E-state index < -0.39 is 11.5 Å². The molecule has 0 aromatic carbocycles. The van der Waals surface area contributed by atoms with Gasteiger partial charge in [0.25, 0.3) is 11.5 Å². The molecule has 0 spiro atoms. The van der Waals surface area contributed by atoms with Crippen molar-refractivity contribution in [2.75, 3.05) is 33.4 Å². The van der Waals surface area contributed by atoms with Crippen molar-refractivity contribution in [3.8, 4) is 5.88 Å². The van der Waals surface area contributed by atoms with Crippen LogP contribution in [-0.4, -0.2) is 59.4 Å². The lowest BCUT2D eigenvalue weighted by atomic mass is 10.2. The van der Waals surface area contributed by atoms with Crippen LogP contribution in [0.2, 0.25) is 0 Å². The molecule has 0 fully saturated rings. The van der Waals surface area contributed by atoms with Gasteiger partial charge in [-0.15, -0.1) is 0 Å². The lowest BCUT2D eigenvalue weighted by Crippen LogP contribution is -2.36. The van der Waals surface area contributed by atoms with Crippen molar-refractivity contribution < 1.29 is 19.7 Å². The van der Waals surface area contributed by atoms with Gasteiger partial charge in [-0.05, 0) is 0 Å². The number of hydrogen-bond acceptors (Lipinski definition) is 5. The van der Waals surface area contributed by atoms with E-state index in [2.05, 4.69) is 4.98 Å². The van der Waals surface area contributed by atoms with Gasteiger partial charge in [0.05, 0.1) is 18.8 Å².